The number of amides is 1. The van der Waals surface area contributed by atoms with Crippen molar-refractivity contribution in [2.75, 3.05) is 20.1 Å². The lowest BCUT2D eigenvalue weighted by molar-refractivity contribution is -0.136. The zero-order valence-corrected chi connectivity index (χ0v) is 19.7. The predicted octanol–water partition coefficient (Wildman–Crippen LogP) is 3.41. The van der Waals surface area contributed by atoms with E-state index in [1.807, 2.05) is 11.0 Å². The molecule has 0 aromatic heterocycles. The molecule has 8 heteroatoms. The smallest absolute Gasteiger partial charge is 0.225 e. The van der Waals surface area contributed by atoms with Gasteiger partial charge >= 0.3 is 0 Å². The van der Waals surface area contributed by atoms with Gasteiger partial charge in [0.15, 0.2) is 5.96 Å². The van der Waals surface area contributed by atoms with Gasteiger partial charge in [-0.15, -0.1) is 24.0 Å². The number of carbonyl (C=O) groups excluding carboxylic acids is 1. The van der Waals surface area contributed by atoms with Crippen LogP contribution in [0.5, 0.6) is 0 Å². The van der Waals surface area contributed by atoms with E-state index in [0.717, 1.165) is 38.8 Å². The minimum absolute atomic E-state index is 0. The van der Waals surface area contributed by atoms with Crippen LogP contribution in [0.1, 0.15) is 50.7 Å². The second-order valence-corrected chi connectivity index (χ2v) is 7.10. The van der Waals surface area contributed by atoms with Crippen molar-refractivity contribution in [3.8, 4) is 6.07 Å². The van der Waals surface area contributed by atoms with Crippen LogP contribution >= 0.6 is 24.0 Å². The van der Waals surface area contributed by atoms with E-state index >= 15 is 0 Å². The molecule has 1 amide bonds. The molecule has 0 spiro atoms. The number of likely N-dealkylation sites (tertiary alicyclic amines) is 1. The molecule has 29 heavy (non-hydrogen) atoms. The van der Waals surface area contributed by atoms with Gasteiger partial charge in [-0.2, -0.15) is 5.26 Å². The number of nitrogens with one attached hydrogen (secondary N) is 2. The third-order valence-corrected chi connectivity index (χ3v) is 5.33. The molecule has 0 aliphatic carbocycles. The molecule has 2 N–H and O–H groups in total. The number of halogens is 2. The molecule has 2 rings (SSSR count). The molecule has 1 aromatic rings. The van der Waals surface area contributed by atoms with Crippen LogP contribution < -0.4 is 10.6 Å². The number of nitrogens with zero attached hydrogens (tertiary/aromatic N) is 3. The molecular weight excluding hydrogens is 484 g/mol. The van der Waals surface area contributed by atoms with Gasteiger partial charge in [0, 0.05) is 44.2 Å². The maximum atomic E-state index is 13.9. The Kier molecular flexibility index (Phi) is 10.9. The summed E-state index contributed by atoms with van der Waals surface area (Å²) in [7, 11) is 1.67. The van der Waals surface area contributed by atoms with Gasteiger partial charge in [-0.1, -0.05) is 13.8 Å². The third kappa shape index (κ3) is 7.14. The number of carbonyl (C=O) groups is 1. The fourth-order valence-corrected chi connectivity index (χ4v) is 3.49. The molecule has 0 saturated carbocycles. The topological polar surface area (TPSA) is 80.5 Å². The summed E-state index contributed by atoms with van der Waals surface area (Å²) in [5.41, 5.74) is 0.850. The number of piperidine rings is 1. The van der Waals surface area contributed by atoms with Crippen LogP contribution in [-0.2, 0) is 11.3 Å². The highest BCUT2D eigenvalue weighted by atomic mass is 127. The molecule has 6 nitrogen and oxygen atoms in total. The number of hydrogen-bond acceptors (Lipinski definition) is 3. The maximum absolute atomic E-state index is 13.9. The fourth-order valence-electron chi connectivity index (χ4n) is 3.49. The Hall–Kier alpha value is -1.89. The van der Waals surface area contributed by atoms with Crippen LogP contribution in [0.25, 0.3) is 0 Å². The molecule has 1 aliphatic heterocycles. The van der Waals surface area contributed by atoms with Gasteiger partial charge in [-0.25, -0.2) is 4.39 Å². The summed E-state index contributed by atoms with van der Waals surface area (Å²) in [4.78, 5) is 18.7. The zero-order chi connectivity index (χ0) is 20.5. The molecule has 0 atom stereocenters. The van der Waals surface area contributed by atoms with Crippen LogP contribution in [0, 0.1) is 23.1 Å². The van der Waals surface area contributed by atoms with Crippen LogP contribution in [0.2, 0.25) is 0 Å². The van der Waals surface area contributed by atoms with Crippen LogP contribution in [0.15, 0.2) is 23.2 Å². The largest absolute Gasteiger partial charge is 0.354 e. The molecule has 1 heterocycles. The molecule has 1 aliphatic rings. The van der Waals surface area contributed by atoms with Crippen molar-refractivity contribution < 1.29 is 9.18 Å². The molecule has 0 unspecified atom stereocenters. The quantitative estimate of drug-likeness (QED) is 0.346. The van der Waals surface area contributed by atoms with Gasteiger partial charge in [0.2, 0.25) is 5.91 Å². The fraction of sp³-hybridized carbons (Fsp3) is 0.571. The van der Waals surface area contributed by atoms with E-state index in [9.17, 15) is 9.18 Å². The van der Waals surface area contributed by atoms with Crippen molar-refractivity contribution in [1.29, 1.82) is 5.26 Å². The van der Waals surface area contributed by atoms with Crippen molar-refractivity contribution in [2.45, 2.75) is 52.1 Å². The highest BCUT2D eigenvalue weighted by molar-refractivity contribution is 14.0. The lowest BCUT2D eigenvalue weighted by atomic mass is 9.98. The Morgan fingerprint density at radius 3 is 2.55 bits per heavy atom. The number of rotatable bonds is 6. The van der Waals surface area contributed by atoms with Crippen molar-refractivity contribution in [2.24, 2.45) is 10.9 Å². The van der Waals surface area contributed by atoms with Crippen LogP contribution in [0.3, 0.4) is 0 Å². The van der Waals surface area contributed by atoms with Crippen LogP contribution in [0.4, 0.5) is 4.39 Å². The standard InChI is InChI=1S/C21H30FN5O.HI/c1-4-16(5-2)20(28)27-10-8-18(9-11-27)26-21(24-3)25-14-17-12-15(13-23)6-7-19(17)22;/h6-7,12,16,18H,4-5,8-11,14H2,1-3H3,(H2,24,25,26);1H. The predicted molar refractivity (Wildman–Crippen MR) is 124 cm³/mol. The van der Waals surface area contributed by atoms with E-state index in [0.29, 0.717) is 17.1 Å². The van der Waals surface area contributed by atoms with Gasteiger partial charge in [0.1, 0.15) is 5.82 Å². The van der Waals surface area contributed by atoms with Crippen molar-refractivity contribution >= 4 is 35.8 Å². The van der Waals surface area contributed by atoms with Gasteiger partial charge in [0.25, 0.3) is 0 Å². The Balaban J connectivity index is 0.00000420. The lowest BCUT2D eigenvalue weighted by Gasteiger charge is -2.34. The maximum Gasteiger partial charge on any atom is 0.225 e. The minimum atomic E-state index is -0.352. The SMILES string of the molecule is CCC(CC)C(=O)N1CCC(NC(=NC)NCc2cc(C#N)ccc2F)CC1.I. The number of nitriles is 1. The van der Waals surface area contributed by atoms with Gasteiger partial charge < -0.3 is 15.5 Å². The average Bonchev–Trinajstić information content (AvgIpc) is 2.73. The van der Waals surface area contributed by atoms with E-state index in [4.69, 9.17) is 5.26 Å². The van der Waals surface area contributed by atoms with Gasteiger partial charge in [-0.3, -0.25) is 9.79 Å². The first-order chi connectivity index (χ1) is 13.5. The molecule has 1 fully saturated rings. The lowest BCUT2D eigenvalue weighted by Crippen LogP contribution is -2.50. The Bertz CT molecular complexity index is 737. The molecule has 0 radical (unpaired) electrons. The van der Waals surface area contributed by atoms with E-state index in [1.165, 1.54) is 18.2 Å². The summed E-state index contributed by atoms with van der Waals surface area (Å²) in [6, 6.07) is 6.54. The molecule has 1 saturated heterocycles. The van der Waals surface area contributed by atoms with E-state index in [1.54, 1.807) is 7.05 Å². The Morgan fingerprint density at radius 2 is 2.00 bits per heavy atom. The van der Waals surface area contributed by atoms with E-state index < -0.39 is 0 Å². The number of guanidine groups is 1. The van der Waals surface area contributed by atoms with Crippen molar-refractivity contribution in [3.05, 3.63) is 35.1 Å². The molecule has 1 aromatic carbocycles. The van der Waals surface area contributed by atoms with Crippen LogP contribution in [-0.4, -0.2) is 42.9 Å². The first kappa shape index (κ1) is 25.1. The zero-order valence-electron chi connectivity index (χ0n) is 17.4. The second kappa shape index (κ2) is 12.6. The number of aliphatic imine (C=N–C) groups is 1. The summed E-state index contributed by atoms with van der Waals surface area (Å²) >= 11 is 0. The summed E-state index contributed by atoms with van der Waals surface area (Å²) in [6.45, 7) is 5.84. The van der Waals surface area contributed by atoms with E-state index in [2.05, 4.69) is 29.5 Å². The summed E-state index contributed by atoms with van der Waals surface area (Å²) < 4.78 is 13.9. The third-order valence-electron chi connectivity index (χ3n) is 5.33. The summed E-state index contributed by atoms with van der Waals surface area (Å²) in [5.74, 6) is 0.624. The van der Waals surface area contributed by atoms with E-state index in [-0.39, 0.29) is 54.2 Å². The average molecular weight is 515 g/mol. The first-order valence-corrected chi connectivity index (χ1v) is 9.96. The Morgan fingerprint density at radius 1 is 1.34 bits per heavy atom. The highest BCUT2D eigenvalue weighted by Gasteiger charge is 2.26. The number of hydrogen-bond donors (Lipinski definition) is 2. The molecule has 0 bridgehead atoms. The number of benzene rings is 1. The van der Waals surface area contributed by atoms with Gasteiger partial charge in [0.05, 0.1) is 11.6 Å². The summed E-state index contributed by atoms with van der Waals surface area (Å²) in [5, 5.41) is 15.4. The monoisotopic (exact) mass is 515 g/mol. The Labute approximate surface area is 190 Å². The van der Waals surface area contributed by atoms with Crippen molar-refractivity contribution in [1.82, 2.24) is 15.5 Å². The normalized spacial score (nSPS) is 14.9. The minimum Gasteiger partial charge on any atom is -0.354 e. The van der Waals surface area contributed by atoms with Crippen molar-refractivity contribution in [3.63, 3.8) is 0 Å². The first-order valence-electron chi connectivity index (χ1n) is 9.96. The molecular formula is C21H31FIN5O. The second-order valence-electron chi connectivity index (χ2n) is 7.10. The van der Waals surface area contributed by atoms with Gasteiger partial charge in [-0.05, 0) is 43.9 Å². The molecule has 160 valence electrons. The highest BCUT2D eigenvalue weighted by Crippen LogP contribution is 2.17. The summed E-state index contributed by atoms with van der Waals surface area (Å²) in [6.07, 6.45) is 3.47.